The van der Waals surface area contributed by atoms with E-state index in [4.69, 9.17) is 66.0 Å². The molecule has 0 aliphatic heterocycles. The van der Waals surface area contributed by atoms with Crippen molar-refractivity contribution in [1.82, 2.24) is 0 Å². The first-order chi connectivity index (χ1) is 7.93. The Kier molecular flexibility index (Phi) is 68.6. The van der Waals surface area contributed by atoms with Gasteiger partial charge in [-0.2, -0.15) is 0 Å². The summed E-state index contributed by atoms with van der Waals surface area (Å²) in [5.41, 5.74) is 0. The monoisotopic (exact) mass is 302 g/mol. The quantitative estimate of drug-likeness (QED) is 0.270. The minimum atomic E-state index is -1.75. The van der Waals surface area contributed by atoms with Crippen LogP contribution in [0, 0.1) is 61.3 Å². The molecule has 17 nitrogen and oxygen atoms in total. The maximum absolute atomic E-state index is 8.25. The Balaban J connectivity index is -0.0000000279. The van der Waals surface area contributed by atoms with Crippen LogP contribution >= 0.6 is 0 Å². The summed E-state index contributed by atoms with van der Waals surface area (Å²) in [6, 6.07) is 0. The normalized spacial score (nSPS) is 5.37. The predicted octanol–water partition coefficient (Wildman–Crippen LogP) is -1.84. The Hall–Kier alpha value is -2.80. The van der Waals surface area contributed by atoms with Crippen molar-refractivity contribution in [2.75, 3.05) is 0 Å². The molecule has 0 rings (SSSR count). The number of rotatable bonds is 0. The van der Waals surface area contributed by atoms with Gasteiger partial charge in [0.2, 0.25) is 0 Å². The van der Waals surface area contributed by atoms with Gasteiger partial charge in [0.1, 0.15) is 0 Å². The topological polar surface area (TPSA) is 282 Å². The first kappa shape index (κ1) is 36.0. The predicted molar refractivity (Wildman–Crippen MR) is 53.6 cm³/mol. The van der Waals surface area contributed by atoms with Gasteiger partial charge in [0.25, 0.3) is 0 Å². The number of hydrogen-bond acceptors (Lipinski definition) is 13. The first-order valence-electron chi connectivity index (χ1n) is 2.43. The Bertz CT molecular complexity index is 177. The second-order valence-electron chi connectivity index (χ2n) is 0.894. The molecular weight excluding hydrogens is 302 g/mol. The van der Waals surface area contributed by atoms with E-state index in [0.29, 0.717) is 0 Å². The molecule has 0 aromatic rings. The molecule has 0 radical (unpaired) electrons. The standard InChI is InChI=1S/Al.BO.4NO3/c;1-2;4*2-1(3)4/q+3;+1;4*-1. The molecule has 0 amide bonds. The van der Waals surface area contributed by atoms with Crippen LogP contribution in [0.3, 0.4) is 0 Å². The zero-order valence-electron chi connectivity index (χ0n) is 8.25. The van der Waals surface area contributed by atoms with Gasteiger partial charge in [-0.05, 0) is 0 Å². The Morgan fingerprint density at radius 3 is 0.474 bits per heavy atom. The van der Waals surface area contributed by atoms with Gasteiger partial charge in [-0.15, -0.1) is 0 Å². The van der Waals surface area contributed by atoms with Gasteiger partial charge in [0.15, 0.2) is 0 Å². The van der Waals surface area contributed by atoms with Gasteiger partial charge in [-0.25, -0.2) is 0 Å². The molecule has 0 N–H and O–H groups in total. The zero-order chi connectivity index (χ0) is 16.3. The Morgan fingerprint density at radius 1 is 0.474 bits per heavy atom. The fourth-order valence-electron chi connectivity index (χ4n) is 0. The van der Waals surface area contributed by atoms with Gasteiger partial charge in [-0.1, -0.05) is 0 Å². The van der Waals surface area contributed by atoms with E-state index >= 15 is 0 Å². The second-order valence-corrected chi connectivity index (χ2v) is 0.894. The Labute approximate surface area is 112 Å². The van der Waals surface area contributed by atoms with E-state index in [9.17, 15) is 0 Å². The summed E-state index contributed by atoms with van der Waals surface area (Å²) in [5.74, 6) is 0. The molecule has 0 spiro atoms. The molecule has 0 aromatic carbocycles. The van der Waals surface area contributed by atoms with E-state index in [1.54, 1.807) is 0 Å². The van der Waals surface area contributed by atoms with Crippen LogP contribution < -0.4 is 0 Å². The van der Waals surface area contributed by atoms with Crippen LogP contribution in [0.4, 0.5) is 0 Å². The van der Waals surface area contributed by atoms with Crippen LogP contribution in [0.15, 0.2) is 0 Å². The van der Waals surface area contributed by atoms with E-state index in [2.05, 4.69) is 7.72 Å². The summed E-state index contributed by atoms with van der Waals surface area (Å²) in [4.78, 5) is 33.0. The van der Waals surface area contributed by atoms with Crippen molar-refractivity contribution in [3.63, 3.8) is 0 Å². The van der Waals surface area contributed by atoms with Crippen molar-refractivity contribution in [3.8, 4) is 0 Å². The maximum atomic E-state index is 8.25. The minimum absolute atomic E-state index is 0. The van der Waals surface area contributed by atoms with Gasteiger partial charge < -0.3 is 61.3 Å². The van der Waals surface area contributed by atoms with Crippen LogP contribution in [-0.4, -0.2) is 45.4 Å². The molecule has 0 unspecified atom stereocenters. The third-order valence-electron chi connectivity index (χ3n) is 0. The van der Waals surface area contributed by atoms with E-state index in [1.165, 1.54) is 0 Å². The fourth-order valence-corrected chi connectivity index (χ4v) is 0. The van der Waals surface area contributed by atoms with E-state index in [0.717, 1.165) is 0 Å². The molecule has 19 heavy (non-hydrogen) atoms. The SMILES string of the molecule is O=[N+]([O-])[O-].O=[N+]([O-])[O-].O=[N+]([O-])[O-].O=[N+]([O-])[O-].[Al+3].[B+]=O. The molecule has 0 atom stereocenters. The summed E-state index contributed by atoms with van der Waals surface area (Å²) in [6.45, 7) is 0. The number of nitrogens with zero attached hydrogens (tertiary/aromatic N) is 4. The third kappa shape index (κ3) is 337. The molecule has 0 aliphatic carbocycles. The molecule has 19 heteroatoms. The van der Waals surface area contributed by atoms with E-state index in [1.807, 2.05) is 0 Å². The van der Waals surface area contributed by atoms with Crippen LogP contribution in [0.2, 0.25) is 0 Å². The molecule has 0 aliphatic rings. The molecule has 0 fully saturated rings. The molecular formula is AlBN4O13. The first-order valence-corrected chi connectivity index (χ1v) is 2.43. The zero-order valence-corrected chi connectivity index (χ0v) is 9.41. The van der Waals surface area contributed by atoms with Gasteiger partial charge in [0.05, 0.1) is 20.3 Å². The molecule has 0 saturated heterocycles. The molecule has 0 heterocycles. The van der Waals surface area contributed by atoms with Crippen LogP contribution in [0.5, 0.6) is 0 Å². The van der Waals surface area contributed by atoms with Crippen molar-refractivity contribution < 1.29 is 25.1 Å². The summed E-state index contributed by atoms with van der Waals surface area (Å²) >= 11 is 0. The van der Waals surface area contributed by atoms with Gasteiger partial charge in [0, 0.05) is 0 Å². The fraction of sp³-hybridized carbons (Fsp3) is 0. The van der Waals surface area contributed by atoms with Crippen LogP contribution in [0.1, 0.15) is 0 Å². The Morgan fingerprint density at radius 2 is 0.474 bits per heavy atom. The molecule has 0 bridgehead atoms. The van der Waals surface area contributed by atoms with Crippen molar-refractivity contribution in [1.29, 1.82) is 0 Å². The summed E-state index contributed by atoms with van der Waals surface area (Å²) in [5, 5.41) is 59.0. The van der Waals surface area contributed by atoms with E-state index < -0.39 is 20.3 Å². The summed E-state index contributed by atoms with van der Waals surface area (Å²) in [7, 11) is 3.25. The third-order valence-corrected chi connectivity index (χ3v) is 0. The molecule has 104 valence electrons. The van der Waals surface area contributed by atoms with Crippen molar-refractivity contribution in [2.24, 2.45) is 0 Å². The average molecular weight is 302 g/mol. The van der Waals surface area contributed by atoms with E-state index in [-0.39, 0.29) is 17.4 Å². The van der Waals surface area contributed by atoms with Crippen molar-refractivity contribution in [3.05, 3.63) is 61.3 Å². The summed E-state index contributed by atoms with van der Waals surface area (Å²) < 4.78 is 7.75. The van der Waals surface area contributed by atoms with Crippen molar-refractivity contribution >= 4 is 25.1 Å². The van der Waals surface area contributed by atoms with Crippen LogP contribution in [0.25, 0.3) is 0 Å². The van der Waals surface area contributed by atoms with Crippen LogP contribution in [-0.2, 0) is 4.70 Å². The molecule has 0 aromatic heterocycles. The van der Waals surface area contributed by atoms with Gasteiger partial charge in [-0.3, -0.25) is 0 Å². The van der Waals surface area contributed by atoms with Gasteiger partial charge >= 0.3 is 29.8 Å². The summed E-state index contributed by atoms with van der Waals surface area (Å²) in [6.07, 6.45) is 0. The number of hydrogen-bond donors (Lipinski definition) is 0. The average Bonchev–Trinajstić information content (AvgIpc) is 2.01. The molecule has 0 saturated carbocycles. The second kappa shape index (κ2) is 36.2. The van der Waals surface area contributed by atoms with Crippen molar-refractivity contribution in [2.45, 2.75) is 0 Å².